The van der Waals surface area contributed by atoms with Gasteiger partial charge >= 0.3 is 0 Å². The SMILES string of the molecule is c1ccc(-n2c3ccccc3c3sc4ccc(-c5ccccc5-c5ccc6c(c5)sc5ccccc56)cc4c32)cc1. The van der Waals surface area contributed by atoms with E-state index in [9.17, 15) is 0 Å². The zero-order chi connectivity index (χ0) is 26.9. The Balaban J connectivity index is 1.27. The molecule has 1 nitrogen and oxygen atoms in total. The molecule has 0 unspecified atom stereocenters. The number of hydrogen-bond donors (Lipinski definition) is 0. The summed E-state index contributed by atoms with van der Waals surface area (Å²) >= 11 is 3.77. The van der Waals surface area contributed by atoms with Crippen LogP contribution in [0.3, 0.4) is 0 Å². The maximum atomic E-state index is 2.44. The van der Waals surface area contributed by atoms with Gasteiger partial charge in [-0.25, -0.2) is 0 Å². The van der Waals surface area contributed by atoms with Crippen molar-refractivity contribution in [3.05, 3.63) is 140 Å². The lowest BCUT2D eigenvalue weighted by atomic mass is 9.93. The average Bonchev–Trinajstić information content (AvgIpc) is 3.69. The molecule has 41 heavy (non-hydrogen) atoms. The number of hydrogen-bond acceptors (Lipinski definition) is 2. The van der Waals surface area contributed by atoms with E-state index in [1.54, 1.807) is 0 Å². The van der Waals surface area contributed by atoms with Crippen LogP contribution in [0.5, 0.6) is 0 Å². The molecule has 3 aromatic heterocycles. The summed E-state index contributed by atoms with van der Waals surface area (Å²) < 4.78 is 7.78. The van der Waals surface area contributed by atoms with Crippen molar-refractivity contribution in [1.82, 2.24) is 4.57 Å². The maximum Gasteiger partial charge on any atom is 0.0727 e. The lowest BCUT2D eigenvalue weighted by Crippen LogP contribution is -1.93. The molecular formula is C38H23NS2. The molecule has 9 rings (SSSR count). The molecule has 9 aromatic rings. The predicted molar refractivity (Wildman–Crippen MR) is 180 cm³/mol. The maximum absolute atomic E-state index is 2.44. The second-order valence-corrected chi connectivity index (χ2v) is 12.7. The van der Waals surface area contributed by atoms with Crippen LogP contribution in [0.25, 0.3) is 79.3 Å². The van der Waals surface area contributed by atoms with Gasteiger partial charge in [0.15, 0.2) is 0 Å². The molecule has 0 fully saturated rings. The molecule has 0 atom stereocenters. The first-order chi connectivity index (χ1) is 20.3. The molecule has 3 heterocycles. The van der Waals surface area contributed by atoms with Crippen molar-refractivity contribution in [2.24, 2.45) is 0 Å². The zero-order valence-corrected chi connectivity index (χ0v) is 23.7. The van der Waals surface area contributed by atoms with Gasteiger partial charge in [0.05, 0.1) is 15.7 Å². The number of fused-ring (bicyclic) bond motifs is 8. The molecule has 0 N–H and O–H groups in total. The molecule has 0 saturated carbocycles. The van der Waals surface area contributed by atoms with E-state index in [0.717, 1.165) is 0 Å². The Morgan fingerprint density at radius 3 is 1.90 bits per heavy atom. The molecular weight excluding hydrogens is 535 g/mol. The van der Waals surface area contributed by atoms with Crippen LogP contribution in [0, 0.1) is 0 Å². The first-order valence-corrected chi connectivity index (χ1v) is 15.5. The minimum Gasteiger partial charge on any atom is -0.308 e. The van der Waals surface area contributed by atoms with Crippen LogP contribution in [0.1, 0.15) is 0 Å². The highest BCUT2D eigenvalue weighted by atomic mass is 32.1. The number of thiophene rings is 2. The van der Waals surface area contributed by atoms with Gasteiger partial charge in [-0.2, -0.15) is 0 Å². The molecule has 0 radical (unpaired) electrons. The van der Waals surface area contributed by atoms with Crippen molar-refractivity contribution >= 4 is 74.1 Å². The fourth-order valence-electron chi connectivity index (χ4n) is 6.36. The summed E-state index contributed by atoms with van der Waals surface area (Å²) in [7, 11) is 0. The summed E-state index contributed by atoms with van der Waals surface area (Å²) in [6.07, 6.45) is 0. The van der Waals surface area contributed by atoms with Gasteiger partial charge in [-0.15, -0.1) is 22.7 Å². The Kier molecular flexibility index (Phi) is 5.00. The van der Waals surface area contributed by atoms with Gasteiger partial charge < -0.3 is 4.57 Å². The molecule has 0 aliphatic rings. The fourth-order valence-corrected chi connectivity index (χ4v) is 8.71. The molecule has 3 heteroatoms. The molecule has 192 valence electrons. The highest BCUT2D eigenvalue weighted by Crippen LogP contribution is 2.45. The standard InChI is InChI=1S/C38H23NS2/c1-2-10-26(11-3-1)39-33-16-8-6-15-31(33)38-37(39)32-22-24(19-21-35(32)41-38)27-12-4-5-13-28(27)25-18-20-30-29-14-7-9-17-34(29)40-36(30)23-25/h1-23H. The minimum atomic E-state index is 1.20. The van der Waals surface area contributed by atoms with E-state index in [4.69, 9.17) is 0 Å². The predicted octanol–water partition coefficient (Wildman–Crippen LogP) is 11.7. The molecule has 0 aliphatic heterocycles. The van der Waals surface area contributed by atoms with Crippen molar-refractivity contribution in [1.29, 1.82) is 0 Å². The third kappa shape index (κ3) is 3.46. The van der Waals surface area contributed by atoms with Gasteiger partial charge in [-0.1, -0.05) is 97.1 Å². The summed E-state index contributed by atoms with van der Waals surface area (Å²) in [6, 6.07) is 51.1. The quantitative estimate of drug-likeness (QED) is 0.204. The number of nitrogens with zero attached hydrogens (tertiary/aromatic N) is 1. The molecule has 0 amide bonds. The van der Waals surface area contributed by atoms with E-state index in [1.165, 1.54) is 79.3 Å². The number of rotatable bonds is 3. The summed E-state index contributed by atoms with van der Waals surface area (Å²) in [6.45, 7) is 0. The van der Waals surface area contributed by atoms with E-state index in [1.807, 2.05) is 22.7 Å². The largest absolute Gasteiger partial charge is 0.308 e. The molecule has 0 aliphatic carbocycles. The number of benzene rings is 6. The average molecular weight is 558 g/mol. The fraction of sp³-hybridized carbons (Fsp3) is 0. The first-order valence-electron chi connectivity index (χ1n) is 13.9. The van der Waals surface area contributed by atoms with Crippen LogP contribution in [-0.2, 0) is 0 Å². The van der Waals surface area contributed by atoms with Crippen molar-refractivity contribution in [2.75, 3.05) is 0 Å². The first kappa shape index (κ1) is 23.0. The third-order valence-electron chi connectivity index (χ3n) is 8.22. The van der Waals surface area contributed by atoms with Gasteiger partial charge in [0, 0.05) is 41.3 Å². The Bertz CT molecular complexity index is 2420. The van der Waals surface area contributed by atoms with Crippen LogP contribution in [0.2, 0.25) is 0 Å². The van der Waals surface area contributed by atoms with E-state index < -0.39 is 0 Å². The van der Waals surface area contributed by atoms with Gasteiger partial charge in [-0.3, -0.25) is 0 Å². The molecule has 0 saturated heterocycles. The normalized spacial score (nSPS) is 11.9. The zero-order valence-electron chi connectivity index (χ0n) is 22.0. The van der Waals surface area contributed by atoms with E-state index in [2.05, 4.69) is 144 Å². The number of aromatic nitrogens is 1. The molecule has 6 aromatic carbocycles. The van der Waals surface area contributed by atoms with Crippen molar-refractivity contribution in [2.45, 2.75) is 0 Å². The van der Waals surface area contributed by atoms with Gasteiger partial charge in [0.25, 0.3) is 0 Å². The third-order valence-corrected chi connectivity index (χ3v) is 10.5. The topological polar surface area (TPSA) is 4.93 Å². The lowest BCUT2D eigenvalue weighted by Gasteiger charge is -2.12. The second kappa shape index (κ2) is 8.90. The van der Waals surface area contributed by atoms with Gasteiger partial charge in [-0.05, 0) is 64.7 Å². The van der Waals surface area contributed by atoms with Crippen LogP contribution >= 0.6 is 22.7 Å². The van der Waals surface area contributed by atoms with Crippen LogP contribution < -0.4 is 0 Å². The van der Waals surface area contributed by atoms with Gasteiger partial charge in [0.2, 0.25) is 0 Å². The Labute approximate surface area is 245 Å². The number of para-hydroxylation sites is 2. The Morgan fingerprint density at radius 1 is 0.415 bits per heavy atom. The second-order valence-electron chi connectivity index (χ2n) is 10.5. The van der Waals surface area contributed by atoms with Crippen LogP contribution in [0.4, 0.5) is 0 Å². The summed E-state index contributed by atoms with van der Waals surface area (Å²) in [5.41, 5.74) is 8.77. The summed E-state index contributed by atoms with van der Waals surface area (Å²) in [5, 5.41) is 5.29. The van der Waals surface area contributed by atoms with Crippen molar-refractivity contribution in [3.63, 3.8) is 0 Å². The smallest absolute Gasteiger partial charge is 0.0727 e. The summed E-state index contributed by atoms with van der Waals surface area (Å²) in [4.78, 5) is 0. The molecule has 0 spiro atoms. The van der Waals surface area contributed by atoms with Crippen LogP contribution in [-0.4, -0.2) is 4.57 Å². The Hall–Kier alpha value is -4.70. The Morgan fingerprint density at radius 2 is 1.05 bits per heavy atom. The highest BCUT2D eigenvalue weighted by Gasteiger charge is 2.18. The van der Waals surface area contributed by atoms with Crippen LogP contribution in [0.15, 0.2) is 140 Å². The van der Waals surface area contributed by atoms with Crippen molar-refractivity contribution in [3.8, 4) is 27.9 Å². The minimum absolute atomic E-state index is 1.20. The summed E-state index contributed by atoms with van der Waals surface area (Å²) in [5.74, 6) is 0. The highest BCUT2D eigenvalue weighted by molar-refractivity contribution is 7.27. The lowest BCUT2D eigenvalue weighted by molar-refractivity contribution is 1.19. The monoisotopic (exact) mass is 557 g/mol. The molecule has 0 bridgehead atoms. The van der Waals surface area contributed by atoms with E-state index in [-0.39, 0.29) is 0 Å². The van der Waals surface area contributed by atoms with Gasteiger partial charge in [0.1, 0.15) is 0 Å². The van der Waals surface area contributed by atoms with Crippen molar-refractivity contribution < 1.29 is 0 Å². The van der Waals surface area contributed by atoms with E-state index >= 15 is 0 Å². The van der Waals surface area contributed by atoms with E-state index in [0.29, 0.717) is 0 Å².